The highest BCUT2D eigenvalue weighted by Gasteiger charge is 2.18. The molecule has 28 heavy (non-hydrogen) atoms. The van der Waals surface area contributed by atoms with Gasteiger partial charge in [-0.3, -0.25) is 0 Å². The molecule has 2 aromatic carbocycles. The zero-order valence-electron chi connectivity index (χ0n) is 15.4. The quantitative estimate of drug-likeness (QED) is 0.497. The highest BCUT2D eigenvalue weighted by atomic mass is 16.5. The van der Waals surface area contributed by atoms with E-state index in [0.717, 1.165) is 33.7 Å². The Bertz CT molecular complexity index is 1170. The molecule has 0 fully saturated rings. The van der Waals surface area contributed by atoms with Crippen LogP contribution >= 0.6 is 0 Å². The molecule has 0 bridgehead atoms. The van der Waals surface area contributed by atoms with Crippen molar-refractivity contribution >= 4 is 22.5 Å². The van der Waals surface area contributed by atoms with Crippen molar-refractivity contribution in [3.05, 3.63) is 83.3 Å². The first-order chi connectivity index (χ1) is 13.7. The first-order valence-corrected chi connectivity index (χ1v) is 8.95. The lowest BCUT2D eigenvalue weighted by Crippen LogP contribution is -2.15. The number of benzene rings is 2. The van der Waals surface area contributed by atoms with Crippen molar-refractivity contribution in [1.29, 1.82) is 0 Å². The van der Waals surface area contributed by atoms with Crippen LogP contribution in [0.2, 0.25) is 0 Å². The zero-order chi connectivity index (χ0) is 19.5. The van der Waals surface area contributed by atoms with Gasteiger partial charge >= 0.3 is 0 Å². The second kappa shape index (κ2) is 7.51. The van der Waals surface area contributed by atoms with Crippen LogP contribution in [-0.4, -0.2) is 17.2 Å². The Balaban J connectivity index is 1.72. The molecule has 2 heterocycles. The normalized spacial score (nSPS) is 11.9. The fraction of sp³-hybridized carbons (Fsp3) is 0.136. The summed E-state index contributed by atoms with van der Waals surface area (Å²) in [6.07, 6.45) is 0.601. The first kappa shape index (κ1) is 17.7. The van der Waals surface area contributed by atoms with Gasteiger partial charge in [0.15, 0.2) is 11.3 Å². The van der Waals surface area contributed by atoms with Crippen molar-refractivity contribution in [2.24, 2.45) is 5.73 Å². The molecule has 3 N–H and O–H groups in total. The minimum absolute atomic E-state index is 0.245. The van der Waals surface area contributed by atoms with Crippen LogP contribution in [0.3, 0.4) is 0 Å². The van der Waals surface area contributed by atoms with E-state index in [1.54, 1.807) is 12.1 Å². The van der Waals surface area contributed by atoms with Gasteiger partial charge < -0.3 is 15.6 Å². The number of hydrogen-bond acceptors (Lipinski definition) is 5. The molecule has 0 aliphatic rings. The molecule has 4 rings (SSSR count). The third-order valence-electron chi connectivity index (χ3n) is 4.69. The second-order valence-corrected chi connectivity index (χ2v) is 6.49. The molecular weight excluding hydrogens is 350 g/mol. The maximum Gasteiger partial charge on any atom is 0.191 e. The monoisotopic (exact) mass is 369 g/mol. The van der Waals surface area contributed by atoms with Gasteiger partial charge in [0, 0.05) is 36.2 Å². The van der Waals surface area contributed by atoms with Gasteiger partial charge in [-0.15, -0.1) is 0 Å². The third kappa shape index (κ3) is 3.31. The number of hydrogen-bond donors (Lipinski definition) is 2. The van der Waals surface area contributed by atoms with E-state index < -0.39 is 0 Å². The lowest BCUT2D eigenvalue weighted by molar-refractivity contribution is 0.459. The zero-order valence-corrected chi connectivity index (χ0v) is 15.4. The Morgan fingerprint density at radius 1 is 1.14 bits per heavy atom. The molecule has 0 unspecified atom stereocenters. The first-order valence-electron chi connectivity index (χ1n) is 8.95. The largest absolute Gasteiger partial charge is 0.373 e. The number of fused-ring (bicyclic) bond motifs is 1. The van der Waals surface area contributed by atoms with E-state index >= 15 is 0 Å². The van der Waals surface area contributed by atoms with Crippen LogP contribution in [0.4, 0.5) is 11.5 Å². The summed E-state index contributed by atoms with van der Waals surface area (Å²) in [4.78, 5) is 8.00. The van der Waals surface area contributed by atoms with Crippen LogP contribution < -0.4 is 11.1 Å². The Labute approximate surface area is 162 Å². The average Bonchev–Trinajstić information content (AvgIpc) is 3.16. The van der Waals surface area contributed by atoms with Gasteiger partial charge in [0.1, 0.15) is 11.5 Å². The van der Waals surface area contributed by atoms with Gasteiger partial charge in [0.05, 0.1) is 6.57 Å². The second-order valence-electron chi connectivity index (χ2n) is 6.49. The van der Waals surface area contributed by atoms with Crippen molar-refractivity contribution in [3.63, 3.8) is 0 Å². The van der Waals surface area contributed by atoms with Gasteiger partial charge in [0.2, 0.25) is 0 Å². The number of aromatic nitrogens is 2. The maximum absolute atomic E-state index is 7.15. The van der Waals surface area contributed by atoms with E-state index in [4.69, 9.17) is 16.8 Å². The van der Waals surface area contributed by atoms with Crippen LogP contribution in [0.15, 0.2) is 65.2 Å². The minimum atomic E-state index is -0.245. The van der Waals surface area contributed by atoms with Gasteiger partial charge in [0.25, 0.3) is 0 Å². The molecular formula is C22H19N5O. The van der Waals surface area contributed by atoms with Gasteiger partial charge in [-0.05, 0) is 23.8 Å². The van der Waals surface area contributed by atoms with Crippen LogP contribution in [0.25, 0.3) is 27.1 Å². The molecule has 0 aliphatic heterocycles. The van der Waals surface area contributed by atoms with Crippen molar-refractivity contribution in [1.82, 2.24) is 10.1 Å². The van der Waals surface area contributed by atoms with E-state index in [1.165, 1.54) is 0 Å². The van der Waals surface area contributed by atoms with Crippen molar-refractivity contribution in [3.8, 4) is 11.3 Å². The van der Waals surface area contributed by atoms with Crippen LogP contribution in [0.5, 0.6) is 0 Å². The lowest BCUT2D eigenvalue weighted by atomic mass is 9.94. The van der Waals surface area contributed by atoms with Gasteiger partial charge in [-0.25, -0.2) is 9.83 Å². The standard InChI is InChI=1S/C22H19N5O/c1-24-14-10-11-18-20(13-14)28-27-22(18)17-8-4-3-7-16(17)19(23)12-15-6-5-9-21(25-2)26-15/h3-11,13,19H,12,23H2,2H3,(H,25,26)/t19-/m0/s1. The summed E-state index contributed by atoms with van der Waals surface area (Å²) in [5, 5.41) is 8.17. The Hall–Kier alpha value is -3.69. The summed E-state index contributed by atoms with van der Waals surface area (Å²) >= 11 is 0. The highest BCUT2D eigenvalue weighted by Crippen LogP contribution is 2.34. The molecule has 0 radical (unpaired) electrons. The Morgan fingerprint density at radius 3 is 2.82 bits per heavy atom. The average molecular weight is 369 g/mol. The van der Waals surface area contributed by atoms with Crippen molar-refractivity contribution < 1.29 is 4.52 Å². The summed E-state index contributed by atoms with van der Waals surface area (Å²) in [6, 6.07) is 18.9. The molecule has 6 heteroatoms. The molecule has 0 saturated carbocycles. The lowest BCUT2D eigenvalue weighted by Gasteiger charge is -2.16. The Morgan fingerprint density at radius 2 is 2.00 bits per heavy atom. The Kier molecular flexibility index (Phi) is 4.75. The molecule has 1 atom stereocenters. The van der Waals surface area contributed by atoms with E-state index in [0.29, 0.717) is 17.7 Å². The van der Waals surface area contributed by atoms with Crippen molar-refractivity contribution in [2.45, 2.75) is 12.5 Å². The van der Waals surface area contributed by atoms with Gasteiger partial charge in [-0.2, -0.15) is 0 Å². The number of nitrogens with two attached hydrogens (primary N) is 1. The summed E-state index contributed by atoms with van der Waals surface area (Å²) in [7, 11) is 1.84. The number of anilines is 1. The summed E-state index contributed by atoms with van der Waals surface area (Å²) in [6.45, 7) is 7.15. The van der Waals surface area contributed by atoms with Crippen LogP contribution in [-0.2, 0) is 6.42 Å². The van der Waals surface area contributed by atoms with E-state index in [1.807, 2.05) is 55.6 Å². The van der Waals surface area contributed by atoms with E-state index in [9.17, 15) is 0 Å². The van der Waals surface area contributed by atoms with Gasteiger partial charge in [-0.1, -0.05) is 47.6 Å². The highest BCUT2D eigenvalue weighted by molar-refractivity contribution is 5.94. The fourth-order valence-corrected chi connectivity index (χ4v) is 3.29. The molecule has 0 spiro atoms. The maximum atomic E-state index is 7.15. The van der Waals surface area contributed by atoms with E-state index in [2.05, 4.69) is 20.3 Å². The van der Waals surface area contributed by atoms with Crippen molar-refractivity contribution in [2.75, 3.05) is 12.4 Å². The van der Waals surface area contributed by atoms with Crippen LogP contribution in [0.1, 0.15) is 17.3 Å². The molecule has 6 nitrogen and oxygen atoms in total. The topological polar surface area (TPSA) is 81.3 Å². The molecule has 0 aliphatic carbocycles. The fourth-order valence-electron chi connectivity index (χ4n) is 3.29. The number of nitrogens with zero attached hydrogens (tertiary/aromatic N) is 3. The smallest absolute Gasteiger partial charge is 0.191 e. The summed E-state index contributed by atoms with van der Waals surface area (Å²) in [5.74, 6) is 0.816. The minimum Gasteiger partial charge on any atom is -0.373 e. The SMILES string of the molecule is [C-]#[N+]c1ccc2c(-c3ccccc3[C@@H](N)Cc3cccc(NC)n3)noc2c1. The molecule has 4 aromatic rings. The summed E-state index contributed by atoms with van der Waals surface area (Å²) in [5.41, 5.74) is 11.2. The molecule has 0 saturated heterocycles. The number of nitrogens with one attached hydrogen (secondary N) is 1. The predicted octanol–water partition coefficient (Wildman–Crippen LogP) is 4.72. The number of pyridine rings is 1. The number of rotatable bonds is 5. The molecule has 138 valence electrons. The molecule has 2 aromatic heterocycles. The predicted molar refractivity (Wildman–Crippen MR) is 110 cm³/mol. The molecule has 0 amide bonds. The van der Waals surface area contributed by atoms with Crippen LogP contribution in [0, 0.1) is 6.57 Å². The van der Waals surface area contributed by atoms with E-state index in [-0.39, 0.29) is 6.04 Å². The third-order valence-corrected chi connectivity index (χ3v) is 4.69. The summed E-state index contributed by atoms with van der Waals surface area (Å²) < 4.78 is 5.47.